The third-order valence-corrected chi connectivity index (χ3v) is 2.62. The molecule has 0 N–H and O–H groups in total. The molecule has 1 rings (SSSR count). The number of carbonyl (C=O) groups is 1. The predicted molar refractivity (Wildman–Crippen MR) is 73.8 cm³/mol. The van der Waals surface area contributed by atoms with Crippen LogP contribution in [-0.2, 0) is 9.63 Å². The average molecular weight is 314 g/mol. The van der Waals surface area contributed by atoms with E-state index in [4.69, 9.17) is 9.57 Å². The van der Waals surface area contributed by atoms with Gasteiger partial charge in [-0.25, -0.2) is 4.79 Å². The van der Waals surface area contributed by atoms with Crippen molar-refractivity contribution in [1.29, 1.82) is 0 Å². The lowest BCUT2D eigenvalue weighted by Crippen LogP contribution is -2.21. The van der Waals surface area contributed by atoms with Gasteiger partial charge in [0.05, 0.1) is 18.7 Å². The van der Waals surface area contributed by atoms with Crippen molar-refractivity contribution in [1.82, 2.24) is 0 Å². The Bertz CT molecular complexity index is 464. The van der Waals surface area contributed by atoms with Crippen LogP contribution in [0.5, 0.6) is 5.75 Å². The highest BCUT2D eigenvalue weighted by atomic mass is 79.9. The number of benzene rings is 1. The fourth-order valence-electron chi connectivity index (χ4n) is 1.07. The molecule has 98 valence electrons. The third kappa shape index (κ3) is 4.14. The Morgan fingerprint density at radius 2 is 2.06 bits per heavy atom. The maximum Gasteiger partial charge on any atom is 0.340 e. The smallest absolute Gasteiger partial charge is 0.340 e. The number of hydrogen-bond acceptors (Lipinski definition) is 4. The van der Waals surface area contributed by atoms with Crippen LogP contribution in [0.15, 0.2) is 27.8 Å². The molecule has 0 aliphatic rings. The van der Waals surface area contributed by atoms with E-state index in [1.807, 2.05) is 12.1 Å². The van der Waals surface area contributed by atoms with Gasteiger partial charge in [0.15, 0.2) is 0 Å². The number of ether oxygens (including phenoxy) is 1. The number of rotatable bonds is 3. The Morgan fingerprint density at radius 3 is 2.61 bits per heavy atom. The zero-order valence-corrected chi connectivity index (χ0v) is 12.4. The van der Waals surface area contributed by atoms with Gasteiger partial charge in [-0.15, -0.1) is 0 Å². The SMILES string of the molecule is COc1ccc(Br)cc1/C=N/OC(=O)C(C)(C)C. The summed E-state index contributed by atoms with van der Waals surface area (Å²) in [5.41, 5.74) is 0.159. The van der Waals surface area contributed by atoms with E-state index in [2.05, 4.69) is 21.1 Å². The van der Waals surface area contributed by atoms with Crippen LogP contribution >= 0.6 is 15.9 Å². The first-order chi connectivity index (χ1) is 8.34. The topological polar surface area (TPSA) is 47.9 Å². The molecule has 0 fully saturated rings. The van der Waals surface area contributed by atoms with Crippen LogP contribution in [0.4, 0.5) is 0 Å². The summed E-state index contributed by atoms with van der Waals surface area (Å²) in [4.78, 5) is 16.3. The largest absolute Gasteiger partial charge is 0.496 e. The summed E-state index contributed by atoms with van der Waals surface area (Å²) >= 11 is 3.35. The molecule has 0 heterocycles. The van der Waals surface area contributed by atoms with Gasteiger partial charge in [0.1, 0.15) is 5.75 Å². The van der Waals surface area contributed by atoms with E-state index in [1.54, 1.807) is 33.9 Å². The molecule has 18 heavy (non-hydrogen) atoms. The van der Waals surface area contributed by atoms with Crippen LogP contribution in [0.3, 0.4) is 0 Å². The van der Waals surface area contributed by atoms with Gasteiger partial charge in [-0.3, -0.25) is 0 Å². The number of carbonyl (C=O) groups excluding carboxylic acids is 1. The molecule has 0 saturated carbocycles. The highest BCUT2D eigenvalue weighted by Gasteiger charge is 2.23. The van der Waals surface area contributed by atoms with Crippen molar-refractivity contribution in [3.05, 3.63) is 28.2 Å². The lowest BCUT2D eigenvalue weighted by molar-refractivity contribution is -0.152. The Kier molecular flexibility index (Phi) is 4.90. The van der Waals surface area contributed by atoms with Gasteiger partial charge >= 0.3 is 5.97 Å². The second-order valence-corrected chi connectivity index (χ2v) is 5.67. The van der Waals surface area contributed by atoms with Crippen LogP contribution in [0.25, 0.3) is 0 Å². The van der Waals surface area contributed by atoms with Crippen molar-refractivity contribution < 1.29 is 14.4 Å². The fraction of sp³-hybridized carbons (Fsp3) is 0.385. The highest BCUT2D eigenvalue weighted by Crippen LogP contribution is 2.21. The monoisotopic (exact) mass is 313 g/mol. The second kappa shape index (κ2) is 6.00. The molecule has 4 nitrogen and oxygen atoms in total. The van der Waals surface area contributed by atoms with E-state index in [-0.39, 0.29) is 5.97 Å². The molecule has 0 atom stereocenters. The van der Waals surface area contributed by atoms with Crippen LogP contribution in [0, 0.1) is 5.41 Å². The lowest BCUT2D eigenvalue weighted by Gasteiger charge is -2.12. The molecule has 0 spiro atoms. The van der Waals surface area contributed by atoms with Crippen molar-refractivity contribution in [3.63, 3.8) is 0 Å². The maximum atomic E-state index is 11.5. The van der Waals surface area contributed by atoms with Gasteiger partial charge in [0, 0.05) is 10.0 Å². The molecule has 0 saturated heterocycles. The third-order valence-electron chi connectivity index (χ3n) is 2.13. The van der Waals surface area contributed by atoms with E-state index in [9.17, 15) is 4.79 Å². The van der Waals surface area contributed by atoms with Crippen LogP contribution < -0.4 is 4.74 Å². The predicted octanol–water partition coefficient (Wildman–Crippen LogP) is 3.38. The van der Waals surface area contributed by atoms with Gasteiger partial charge in [-0.2, -0.15) is 0 Å². The summed E-state index contributed by atoms with van der Waals surface area (Å²) < 4.78 is 6.07. The molecular weight excluding hydrogens is 298 g/mol. The summed E-state index contributed by atoms with van der Waals surface area (Å²) in [7, 11) is 1.57. The van der Waals surface area contributed by atoms with Gasteiger partial charge in [0.25, 0.3) is 0 Å². The minimum atomic E-state index is -0.571. The van der Waals surface area contributed by atoms with Crippen molar-refractivity contribution >= 4 is 28.1 Å². The first-order valence-electron chi connectivity index (χ1n) is 5.43. The summed E-state index contributed by atoms with van der Waals surface area (Å²) in [5.74, 6) is 0.279. The van der Waals surface area contributed by atoms with Crippen molar-refractivity contribution in [2.75, 3.05) is 7.11 Å². The van der Waals surface area contributed by atoms with Crippen molar-refractivity contribution in [2.24, 2.45) is 10.6 Å². The van der Waals surface area contributed by atoms with Crippen LogP contribution in [0.2, 0.25) is 0 Å². The van der Waals surface area contributed by atoms with Crippen molar-refractivity contribution in [3.8, 4) is 5.75 Å². The first kappa shape index (κ1) is 14.7. The molecule has 0 radical (unpaired) electrons. The van der Waals surface area contributed by atoms with E-state index in [0.717, 1.165) is 10.0 Å². The second-order valence-electron chi connectivity index (χ2n) is 4.75. The summed E-state index contributed by atoms with van der Waals surface area (Å²) in [6, 6.07) is 5.49. The number of oxime groups is 1. The Labute approximate surface area is 115 Å². The zero-order chi connectivity index (χ0) is 13.8. The molecule has 0 unspecified atom stereocenters. The fourth-order valence-corrected chi connectivity index (χ4v) is 1.45. The summed E-state index contributed by atoms with van der Waals surface area (Å²) in [6.07, 6.45) is 1.45. The molecule has 0 aromatic heterocycles. The van der Waals surface area contributed by atoms with Gasteiger partial charge < -0.3 is 9.57 Å². The van der Waals surface area contributed by atoms with E-state index in [1.165, 1.54) is 6.21 Å². The minimum Gasteiger partial charge on any atom is -0.496 e. The van der Waals surface area contributed by atoms with Gasteiger partial charge in [-0.05, 0) is 39.0 Å². The Morgan fingerprint density at radius 1 is 1.39 bits per heavy atom. The molecule has 0 aliphatic heterocycles. The quantitative estimate of drug-likeness (QED) is 0.488. The van der Waals surface area contributed by atoms with E-state index in [0.29, 0.717) is 5.75 Å². The standard InChI is InChI=1S/C13H16BrNO3/c1-13(2,3)12(16)18-15-8-9-7-10(14)5-6-11(9)17-4/h5-8H,1-4H3/b15-8+. The summed E-state index contributed by atoms with van der Waals surface area (Å²) in [6.45, 7) is 5.31. The molecule has 1 aromatic carbocycles. The average Bonchev–Trinajstić information content (AvgIpc) is 2.28. The van der Waals surface area contributed by atoms with E-state index < -0.39 is 5.41 Å². The maximum absolute atomic E-state index is 11.5. The molecule has 5 heteroatoms. The highest BCUT2D eigenvalue weighted by molar-refractivity contribution is 9.10. The number of methoxy groups -OCH3 is 1. The lowest BCUT2D eigenvalue weighted by atomic mass is 9.98. The van der Waals surface area contributed by atoms with Crippen LogP contribution in [0.1, 0.15) is 26.3 Å². The molecule has 1 aromatic rings. The molecule has 0 bridgehead atoms. The van der Waals surface area contributed by atoms with Crippen molar-refractivity contribution in [2.45, 2.75) is 20.8 Å². The minimum absolute atomic E-state index is 0.382. The Balaban J connectivity index is 2.79. The number of hydrogen-bond donors (Lipinski definition) is 0. The zero-order valence-electron chi connectivity index (χ0n) is 10.9. The molecular formula is C13H16BrNO3. The number of nitrogens with zero attached hydrogens (tertiary/aromatic N) is 1. The summed E-state index contributed by atoms with van der Waals surface area (Å²) in [5, 5.41) is 3.68. The van der Waals surface area contributed by atoms with Crippen LogP contribution in [-0.4, -0.2) is 19.3 Å². The van der Waals surface area contributed by atoms with E-state index >= 15 is 0 Å². The van der Waals surface area contributed by atoms with Gasteiger partial charge in [0.2, 0.25) is 0 Å². The first-order valence-corrected chi connectivity index (χ1v) is 6.22. The molecule has 0 amide bonds. The molecule has 0 aliphatic carbocycles. The Hall–Kier alpha value is -1.36. The van der Waals surface area contributed by atoms with Gasteiger partial charge in [-0.1, -0.05) is 21.1 Å². The normalized spacial score (nSPS) is 11.6. The number of halogens is 1.